The van der Waals surface area contributed by atoms with Crippen molar-refractivity contribution in [3.8, 4) is 0 Å². The van der Waals surface area contributed by atoms with E-state index in [1.807, 2.05) is 23.5 Å². The molecule has 5 heteroatoms. The maximum Gasteiger partial charge on any atom is 0.0707 e. The summed E-state index contributed by atoms with van der Waals surface area (Å²) in [5.41, 5.74) is 1.29. The molecule has 2 nitrogen and oxygen atoms in total. The Balaban J connectivity index is 2.00. The Morgan fingerprint density at radius 2 is 2.05 bits per heavy atom. The van der Waals surface area contributed by atoms with Crippen LogP contribution < -0.4 is 5.32 Å². The Morgan fingerprint density at radius 1 is 1.25 bits per heavy atom. The summed E-state index contributed by atoms with van der Waals surface area (Å²) < 4.78 is 1.09. The molecular formula is C15H16BrClN2S. The predicted molar refractivity (Wildman–Crippen MR) is 89.8 cm³/mol. The minimum atomic E-state index is 0.309. The SMILES string of the molecule is Clc1ccc([C@H](c2cccs2)N2CCNCC2)c(Br)c1. The van der Waals surface area contributed by atoms with Crippen LogP contribution in [0.4, 0.5) is 0 Å². The van der Waals surface area contributed by atoms with Crippen molar-refractivity contribution in [3.63, 3.8) is 0 Å². The minimum absolute atomic E-state index is 0.309. The molecule has 1 aliphatic rings. The monoisotopic (exact) mass is 370 g/mol. The van der Waals surface area contributed by atoms with E-state index in [0.717, 1.165) is 35.7 Å². The Morgan fingerprint density at radius 3 is 2.70 bits per heavy atom. The molecule has 1 aromatic heterocycles. The van der Waals surface area contributed by atoms with Gasteiger partial charge in [-0.15, -0.1) is 11.3 Å². The summed E-state index contributed by atoms with van der Waals surface area (Å²) >= 11 is 11.6. The van der Waals surface area contributed by atoms with Crippen LogP contribution in [0.5, 0.6) is 0 Å². The predicted octanol–water partition coefficient (Wildman–Crippen LogP) is 4.16. The van der Waals surface area contributed by atoms with Crippen molar-refractivity contribution in [3.05, 3.63) is 55.6 Å². The zero-order chi connectivity index (χ0) is 13.9. The molecule has 20 heavy (non-hydrogen) atoms. The van der Waals surface area contributed by atoms with Crippen LogP contribution in [0.1, 0.15) is 16.5 Å². The molecule has 106 valence electrons. The fourth-order valence-corrected chi connectivity index (χ4v) is 4.42. The van der Waals surface area contributed by atoms with Crippen LogP contribution in [-0.4, -0.2) is 31.1 Å². The lowest BCUT2D eigenvalue weighted by atomic mass is 10.0. The molecule has 1 fully saturated rings. The molecular weight excluding hydrogens is 356 g/mol. The van der Waals surface area contributed by atoms with E-state index in [1.54, 1.807) is 0 Å². The summed E-state index contributed by atoms with van der Waals surface area (Å²) in [6.07, 6.45) is 0. The van der Waals surface area contributed by atoms with Gasteiger partial charge in [-0.3, -0.25) is 4.90 Å². The van der Waals surface area contributed by atoms with Crippen molar-refractivity contribution >= 4 is 38.9 Å². The fourth-order valence-electron chi connectivity index (χ4n) is 2.64. The third kappa shape index (κ3) is 3.10. The summed E-state index contributed by atoms with van der Waals surface area (Å²) in [5.74, 6) is 0. The van der Waals surface area contributed by atoms with Crippen molar-refractivity contribution in [1.82, 2.24) is 10.2 Å². The van der Waals surface area contributed by atoms with Gasteiger partial charge in [-0.05, 0) is 29.1 Å². The standard InChI is InChI=1S/C15H16BrClN2S/c16-13-10-11(17)3-4-12(13)15(14-2-1-9-20-14)19-7-5-18-6-8-19/h1-4,9-10,15,18H,5-8H2/t15-/m1/s1. The van der Waals surface area contributed by atoms with Crippen LogP contribution in [0.3, 0.4) is 0 Å². The first-order chi connectivity index (χ1) is 9.75. The second-order valence-corrected chi connectivity index (χ2v) is 7.14. The number of hydrogen-bond donors (Lipinski definition) is 1. The highest BCUT2D eigenvalue weighted by molar-refractivity contribution is 9.10. The van der Waals surface area contributed by atoms with Crippen LogP contribution in [0, 0.1) is 0 Å². The number of rotatable bonds is 3. The summed E-state index contributed by atoms with van der Waals surface area (Å²) in [6.45, 7) is 4.23. The number of thiophene rings is 1. The largest absolute Gasteiger partial charge is 0.314 e. The highest BCUT2D eigenvalue weighted by Crippen LogP contribution is 2.36. The van der Waals surface area contributed by atoms with Crippen LogP contribution in [0.25, 0.3) is 0 Å². The number of benzene rings is 1. The molecule has 1 aromatic carbocycles. The summed E-state index contributed by atoms with van der Waals surface area (Å²) in [6, 6.07) is 10.8. The number of hydrogen-bond acceptors (Lipinski definition) is 3. The van der Waals surface area contributed by atoms with E-state index in [2.05, 4.69) is 49.7 Å². The Kier molecular flexibility index (Phi) is 4.79. The zero-order valence-electron chi connectivity index (χ0n) is 11.0. The topological polar surface area (TPSA) is 15.3 Å². The van der Waals surface area contributed by atoms with E-state index in [1.165, 1.54) is 10.4 Å². The van der Waals surface area contributed by atoms with Gasteiger partial charge < -0.3 is 5.32 Å². The van der Waals surface area contributed by atoms with E-state index in [4.69, 9.17) is 11.6 Å². The van der Waals surface area contributed by atoms with Gasteiger partial charge in [0.2, 0.25) is 0 Å². The van der Waals surface area contributed by atoms with Crippen molar-refractivity contribution in [2.75, 3.05) is 26.2 Å². The Labute approximate surface area is 136 Å². The summed E-state index contributed by atoms with van der Waals surface area (Å²) in [5, 5.41) is 6.34. The molecule has 1 atom stereocenters. The first-order valence-electron chi connectivity index (χ1n) is 6.69. The highest BCUT2D eigenvalue weighted by Gasteiger charge is 2.26. The van der Waals surface area contributed by atoms with Crippen molar-refractivity contribution in [2.45, 2.75) is 6.04 Å². The highest BCUT2D eigenvalue weighted by atomic mass is 79.9. The molecule has 1 N–H and O–H groups in total. The van der Waals surface area contributed by atoms with Gasteiger partial charge in [-0.2, -0.15) is 0 Å². The van der Waals surface area contributed by atoms with E-state index >= 15 is 0 Å². The number of piperazine rings is 1. The second-order valence-electron chi connectivity index (χ2n) is 4.87. The smallest absolute Gasteiger partial charge is 0.0707 e. The van der Waals surface area contributed by atoms with Gasteiger partial charge in [-0.25, -0.2) is 0 Å². The molecule has 1 aliphatic heterocycles. The molecule has 1 saturated heterocycles. The van der Waals surface area contributed by atoms with Crippen LogP contribution in [-0.2, 0) is 0 Å². The maximum atomic E-state index is 6.08. The lowest BCUT2D eigenvalue weighted by molar-refractivity contribution is 0.200. The summed E-state index contributed by atoms with van der Waals surface area (Å²) in [7, 11) is 0. The molecule has 0 amide bonds. The van der Waals surface area contributed by atoms with E-state index in [9.17, 15) is 0 Å². The van der Waals surface area contributed by atoms with E-state index in [-0.39, 0.29) is 0 Å². The Hall–Kier alpha value is -0.390. The molecule has 2 aromatic rings. The minimum Gasteiger partial charge on any atom is -0.314 e. The third-order valence-corrected chi connectivity index (χ3v) is 5.43. The van der Waals surface area contributed by atoms with Crippen LogP contribution >= 0.6 is 38.9 Å². The fraction of sp³-hybridized carbons (Fsp3) is 0.333. The molecule has 0 radical (unpaired) electrons. The van der Waals surface area contributed by atoms with Gasteiger partial charge in [0, 0.05) is 40.6 Å². The maximum absolute atomic E-state index is 6.08. The molecule has 0 unspecified atom stereocenters. The normalized spacial score (nSPS) is 18.1. The van der Waals surface area contributed by atoms with Gasteiger partial charge in [0.1, 0.15) is 0 Å². The van der Waals surface area contributed by atoms with Gasteiger partial charge in [-0.1, -0.05) is 39.7 Å². The van der Waals surface area contributed by atoms with Crippen LogP contribution in [0.2, 0.25) is 5.02 Å². The van der Waals surface area contributed by atoms with Crippen molar-refractivity contribution in [1.29, 1.82) is 0 Å². The molecule has 0 bridgehead atoms. The van der Waals surface area contributed by atoms with Gasteiger partial charge in [0.25, 0.3) is 0 Å². The van der Waals surface area contributed by atoms with Crippen LogP contribution in [0.15, 0.2) is 40.2 Å². The first kappa shape index (κ1) is 14.5. The average molecular weight is 372 g/mol. The van der Waals surface area contributed by atoms with E-state index in [0.29, 0.717) is 6.04 Å². The summed E-state index contributed by atoms with van der Waals surface area (Å²) in [4.78, 5) is 3.92. The molecule has 2 heterocycles. The van der Waals surface area contributed by atoms with Gasteiger partial charge in [0.05, 0.1) is 6.04 Å². The lowest BCUT2D eigenvalue weighted by Crippen LogP contribution is -2.45. The van der Waals surface area contributed by atoms with Gasteiger partial charge in [0.15, 0.2) is 0 Å². The lowest BCUT2D eigenvalue weighted by Gasteiger charge is -2.35. The molecule has 0 aliphatic carbocycles. The molecule has 0 saturated carbocycles. The average Bonchev–Trinajstić information content (AvgIpc) is 2.97. The first-order valence-corrected chi connectivity index (χ1v) is 8.74. The second kappa shape index (κ2) is 6.58. The van der Waals surface area contributed by atoms with Gasteiger partial charge >= 0.3 is 0 Å². The quantitative estimate of drug-likeness (QED) is 0.871. The molecule has 3 rings (SSSR count). The Bertz CT molecular complexity index is 567. The van der Waals surface area contributed by atoms with E-state index < -0.39 is 0 Å². The molecule has 0 spiro atoms. The van der Waals surface area contributed by atoms with Crippen molar-refractivity contribution < 1.29 is 0 Å². The number of nitrogens with one attached hydrogen (secondary N) is 1. The number of halogens is 2. The third-order valence-electron chi connectivity index (χ3n) is 3.59. The zero-order valence-corrected chi connectivity index (χ0v) is 14.1. The van der Waals surface area contributed by atoms with Crippen molar-refractivity contribution in [2.24, 2.45) is 0 Å². The number of nitrogens with zero attached hydrogens (tertiary/aromatic N) is 1.